The first-order chi connectivity index (χ1) is 5.71. The standard InChI is InChI=1S/C10H21N2P/c1-9(2,3)11-7-8-12(13-11)10(4,5)6/h7-8,13H,1-6H3/p+1. The molecule has 0 atom stereocenters. The van der Waals surface area contributed by atoms with Crippen LogP contribution in [0, 0.1) is 0 Å². The van der Waals surface area contributed by atoms with Crippen LogP contribution in [0.3, 0.4) is 0 Å². The zero-order valence-electron chi connectivity index (χ0n) is 9.63. The van der Waals surface area contributed by atoms with Gasteiger partial charge < -0.3 is 0 Å². The van der Waals surface area contributed by atoms with Crippen molar-refractivity contribution in [1.82, 2.24) is 9.34 Å². The third-order valence-electron chi connectivity index (χ3n) is 2.19. The molecule has 0 amide bonds. The topological polar surface area (TPSA) is 6.48 Å². The maximum Gasteiger partial charge on any atom is 0.170 e. The summed E-state index contributed by atoms with van der Waals surface area (Å²) in [5.74, 6) is 0. The smallest absolute Gasteiger partial charge is 0.170 e. The highest BCUT2D eigenvalue weighted by Crippen LogP contribution is 2.41. The maximum absolute atomic E-state index is 2.44. The molecular formula is C10H22N2P+. The Morgan fingerprint density at radius 1 is 0.769 bits per heavy atom. The molecule has 0 aromatic rings. The van der Waals surface area contributed by atoms with E-state index in [0.29, 0.717) is 0 Å². The first-order valence-corrected chi connectivity index (χ1v) is 5.85. The molecule has 1 heterocycles. The van der Waals surface area contributed by atoms with E-state index in [0.717, 1.165) is 0 Å². The predicted octanol–water partition coefficient (Wildman–Crippen LogP) is 2.91. The Bertz CT molecular complexity index is 188. The van der Waals surface area contributed by atoms with Gasteiger partial charge in [0.15, 0.2) is 8.88 Å². The van der Waals surface area contributed by atoms with E-state index < -0.39 is 0 Å². The molecule has 3 heteroatoms. The fourth-order valence-electron chi connectivity index (χ4n) is 1.15. The molecule has 0 saturated heterocycles. The van der Waals surface area contributed by atoms with E-state index in [1.165, 1.54) is 0 Å². The van der Waals surface area contributed by atoms with Crippen LogP contribution in [0.1, 0.15) is 41.5 Å². The molecule has 0 aromatic carbocycles. The molecule has 13 heavy (non-hydrogen) atoms. The highest BCUT2D eigenvalue weighted by molar-refractivity contribution is 7.33. The molecule has 0 bridgehead atoms. The fourth-order valence-corrected chi connectivity index (χ4v) is 2.42. The van der Waals surface area contributed by atoms with E-state index >= 15 is 0 Å². The zero-order chi connectivity index (χ0) is 10.3. The summed E-state index contributed by atoms with van der Waals surface area (Å²) in [4.78, 5) is 0. The Morgan fingerprint density at radius 2 is 1.08 bits per heavy atom. The number of nitrogens with zero attached hydrogens (tertiary/aromatic N) is 2. The van der Waals surface area contributed by atoms with Gasteiger partial charge >= 0.3 is 0 Å². The second-order valence-corrected chi connectivity index (χ2v) is 6.91. The summed E-state index contributed by atoms with van der Waals surface area (Å²) in [5.41, 5.74) is 0.539. The van der Waals surface area contributed by atoms with Gasteiger partial charge in [0.05, 0.1) is 23.5 Å². The van der Waals surface area contributed by atoms with Crippen molar-refractivity contribution in [2.45, 2.75) is 52.6 Å². The van der Waals surface area contributed by atoms with E-state index in [1.54, 1.807) is 0 Å². The molecule has 0 unspecified atom stereocenters. The minimum Gasteiger partial charge on any atom is -0.232 e. The molecule has 0 radical (unpaired) electrons. The van der Waals surface area contributed by atoms with Gasteiger partial charge in [0.1, 0.15) is 0 Å². The zero-order valence-corrected chi connectivity index (χ0v) is 10.8. The van der Waals surface area contributed by atoms with Gasteiger partial charge in [-0.15, -0.1) is 0 Å². The lowest BCUT2D eigenvalue weighted by molar-refractivity contribution is 0.320. The molecule has 76 valence electrons. The molecule has 0 N–H and O–H groups in total. The summed E-state index contributed by atoms with van der Waals surface area (Å²) in [6, 6.07) is 0. The van der Waals surface area contributed by atoms with Gasteiger partial charge in [-0.25, -0.2) is 9.34 Å². The van der Waals surface area contributed by atoms with E-state index in [2.05, 4.69) is 63.3 Å². The summed E-state index contributed by atoms with van der Waals surface area (Å²) < 4.78 is 4.89. The molecule has 0 aliphatic carbocycles. The molecule has 0 fully saturated rings. The largest absolute Gasteiger partial charge is 0.232 e. The minimum atomic E-state index is 0.234. The van der Waals surface area contributed by atoms with E-state index in [-0.39, 0.29) is 20.0 Å². The lowest BCUT2D eigenvalue weighted by Gasteiger charge is -2.31. The maximum atomic E-state index is 2.44. The van der Waals surface area contributed by atoms with Gasteiger partial charge in [0, 0.05) is 0 Å². The van der Waals surface area contributed by atoms with Gasteiger partial charge in [-0.05, 0) is 41.5 Å². The lowest BCUT2D eigenvalue weighted by Crippen LogP contribution is -2.34. The highest BCUT2D eigenvalue weighted by Gasteiger charge is 2.34. The van der Waals surface area contributed by atoms with Gasteiger partial charge in [-0.1, -0.05) is 0 Å². The summed E-state index contributed by atoms with van der Waals surface area (Å²) in [6.07, 6.45) is 4.45. The Kier molecular flexibility index (Phi) is 2.64. The average Bonchev–Trinajstić information content (AvgIpc) is 2.28. The Labute approximate surface area is 83.9 Å². The highest BCUT2D eigenvalue weighted by atomic mass is 31.1. The van der Waals surface area contributed by atoms with Gasteiger partial charge in [-0.3, -0.25) is 0 Å². The van der Waals surface area contributed by atoms with Crippen LogP contribution < -0.4 is 0 Å². The van der Waals surface area contributed by atoms with E-state index in [9.17, 15) is 0 Å². The average molecular weight is 201 g/mol. The summed E-state index contributed by atoms with van der Waals surface area (Å²) >= 11 is 0. The van der Waals surface area contributed by atoms with Crippen molar-refractivity contribution in [2.24, 2.45) is 0 Å². The molecule has 2 nitrogen and oxygen atoms in total. The summed E-state index contributed by atoms with van der Waals surface area (Å²) in [6.45, 7) is 13.6. The third kappa shape index (κ3) is 2.60. The van der Waals surface area contributed by atoms with Crippen molar-refractivity contribution in [3.05, 3.63) is 12.4 Å². The second kappa shape index (κ2) is 3.16. The van der Waals surface area contributed by atoms with Gasteiger partial charge in [0.2, 0.25) is 0 Å². The summed E-state index contributed by atoms with van der Waals surface area (Å²) in [5, 5.41) is 0. The third-order valence-corrected chi connectivity index (χ3v) is 4.58. The van der Waals surface area contributed by atoms with Crippen LogP contribution in [0.15, 0.2) is 12.4 Å². The predicted molar refractivity (Wildman–Crippen MR) is 62.0 cm³/mol. The van der Waals surface area contributed by atoms with Crippen LogP contribution in [-0.2, 0) is 0 Å². The number of rotatable bonds is 0. The van der Waals surface area contributed by atoms with Gasteiger partial charge in [0.25, 0.3) is 0 Å². The monoisotopic (exact) mass is 201 g/mol. The van der Waals surface area contributed by atoms with Crippen LogP contribution in [0.5, 0.6) is 0 Å². The Morgan fingerprint density at radius 3 is 1.23 bits per heavy atom. The van der Waals surface area contributed by atoms with Gasteiger partial charge in [-0.2, -0.15) is 0 Å². The van der Waals surface area contributed by atoms with E-state index in [4.69, 9.17) is 0 Å². The van der Waals surface area contributed by atoms with Crippen molar-refractivity contribution in [1.29, 1.82) is 0 Å². The van der Waals surface area contributed by atoms with Crippen LogP contribution in [0.2, 0.25) is 0 Å². The van der Waals surface area contributed by atoms with Crippen LogP contribution in [0.25, 0.3) is 0 Å². The normalized spacial score (nSPS) is 18.6. The first kappa shape index (κ1) is 10.8. The van der Waals surface area contributed by atoms with Crippen molar-refractivity contribution >= 4 is 8.88 Å². The molecule has 1 rings (SSSR count). The summed E-state index contributed by atoms with van der Waals surface area (Å²) in [7, 11) is 0.234. The van der Waals surface area contributed by atoms with Crippen molar-refractivity contribution in [3.8, 4) is 0 Å². The molecular weight excluding hydrogens is 179 g/mol. The lowest BCUT2D eigenvalue weighted by atomic mass is 10.1. The number of hydrogen-bond acceptors (Lipinski definition) is 2. The molecule has 0 aromatic heterocycles. The second-order valence-electron chi connectivity index (χ2n) is 5.57. The molecule has 0 saturated carbocycles. The SMILES string of the molecule is CC(C)(C)N1C=CN(C(C)(C)C)[PH2+]1. The van der Waals surface area contributed by atoms with Crippen LogP contribution in [0.4, 0.5) is 0 Å². The quantitative estimate of drug-likeness (QED) is 0.556. The first-order valence-electron chi connectivity index (χ1n) is 4.81. The molecule has 1 aliphatic heterocycles. The Hall–Kier alpha value is -0.230. The molecule has 0 spiro atoms. The van der Waals surface area contributed by atoms with Crippen LogP contribution in [-0.4, -0.2) is 20.4 Å². The Balaban J connectivity index is 2.63. The van der Waals surface area contributed by atoms with E-state index in [1.807, 2.05) is 0 Å². The van der Waals surface area contributed by atoms with Crippen molar-refractivity contribution < 1.29 is 0 Å². The molecule has 1 aliphatic rings. The minimum absolute atomic E-state index is 0.234. The van der Waals surface area contributed by atoms with Crippen LogP contribution >= 0.6 is 8.88 Å². The fraction of sp³-hybridized carbons (Fsp3) is 0.800. The number of hydrogen-bond donors (Lipinski definition) is 0. The van der Waals surface area contributed by atoms with Crippen molar-refractivity contribution in [2.75, 3.05) is 0 Å². The van der Waals surface area contributed by atoms with Crippen molar-refractivity contribution in [3.63, 3.8) is 0 Å².